The molecule has 1 aromatic carbocycles. The number of anilines is 1. The molecule has 0 aliphatic carbocycles. The van der Waals surface area contributed by atoms with Crippen LogP contribution < -0.4 is 5.32 Å². The molecule has 2 aromatic rings. The first-order valence-electron chi connectivity index (χ1n) is 6.14. The molecule has 0 aliphatic heterocycles. The number of benzene rings is 1. The highest BCUT2D eigenvalue weighted by Gasteiger charge is 2.11. The van der Waals surface area contributed by atoms with E-state index in [1.807, 2.05) is 38.1 Å². The summed E-state index contributed by atoms with van der Waals surface area (Å²) < 4.78 is 0. The number of hydrogen-bond acceptors (Lipinski definition) is 2. The summed E-state index contributed by atoms with van der Waals surface area (Å²) in [7, 11) is 0. The first-order chi connectivity index (χ1) is 9.45. The van der Waals surface area contributed by atoms with Crippen molar-refractivity contribution < 1.29 is 4.79 Å². The largest absolute Gasteiger partial charge is 0.323 e. The lowest BCUT2D eigenvalue weighted by molar-refractivity contribution is -0.115. The number of halogens is 2. The Balaban J connectivity index is 2.13. The maximum atomic E-state index is 12.1. The Labute approximate surface area is 127 Å². The summed E-state index contributed by atoms with van der Waals surface area (Å²) in [5, 5.41) is 3.29. The van der Waals surface area contributed by atoms with Crippen molar-refractivity contribution in [1.29, 1.82) is 0 Å². The van der Waals surface area contributed by atoms with Crippen LogP contribution in [0, 0.1) is 13.8 Å². The number of rotatable bonds is 3. The van der Waals surface area contributed by atoms with Gasteiger partial charge in [-0.05, 0) is 31.0 Å². The molecule has 0 aliphatic rings. The van der Waals surface area contributed by atoms with Gasteiger partial charge in [0.25, 0.3) is 0 Å². The smallest absolute Gasteiger partial charge is 0.228 e. The van der Waals surface area contributed by atoms with Gasteiger partial charge in [0.15, 0.2) is 5.15 Å². The van der Waals surface area contributed by atoms with E-state index in [0.717, 1.165) is 16.7 Å². The average Bonchev–Trinajstić information content (AvgIpc) is 2.33. The van der Waals surface area contributed by atoms with Crippen molar-refractivity contribution in [1.82, 2.24) is 4.98 Å². The molecule has 0 spiro atoms. The second kappa shape index (κ2) is 6.25. The van der Waals surface area contributed by atoms with Gasteiger partial charge in [-0.15, -0.1) is 0 Å². The zero-order valence-electron chi connectivity index (χ0n) is 11.2. The van der Waals surface area contributed by atoms with Crippen molar-refractivity contribution in [2.45, 2.75) is 20.3 Å². The highest BCUT2D eigenvalue weighted by molar-refractivity contribution is 6.34. The molecular formula is C15H14Cl2N2O. The number of nitrogens with one attached hydrogen (secondary N) is 1. The van der Waals surface area contributed by atoms with Gasteiger partial charge >= 0.3 is 0 Å². The summed E-state index contributed by atoms with van der Waals surface area (Å²) in [6.45, 7) is 3.81. The third-order valence-corrected chi connectivity index (χ3v) is 3.32. The summed E-state index contributed by atoms with van der Waals surface area (Å²) in [6.07, 6.45) is 0.292. The van der Waals surface area contributed by atoms with Gasteiger partial charge in [-0.1, -0.05) is 53.0 Å². The van der Waals surface area contributed by atoms with Crippen LogP contribution in [0.4, 0.5) is 5.69 Å². The Kier molecular flexibility index (Phi) is 4.63. The molecule has 1 amide bonds. The molecule has 0 fully saturated rings. The van der Waals surface area contributed by atoms with E-state index in [1.165, 1.54) is 0 Å². The third-order valence-electron chi connectivity index (χ3n) is 2.85. The Morgan fingerprint density at radius 3 is 2.65 bits per heavy atom. The minimum absolute atomic E-state index is 0.135. The van der Waals surface area contributed by atoms with E-state index in [-0.39, 0.29) is 11.1 Å². The van der Waals surface area contributed by atoms with Crippen molar-refractivity contribution in [2.24, 2.45) is 0 Å². The lowest BCUT2D eigenvalue weighted by atomic mass is 10.1. The predicted octanol–water partition coefficient (Wildman–Crippen LogP) is 4.19. The molecule has 1 heterocycles. The molecule has 104 valence electrons. The van der Waals surface area contributed by atoms with Gasteiger partial charge in [-0.2, -0.15) is 0 Å². The zero-order valence-corrected chi connectivity index (χ0v) is 12.7. The number of aromatic nitrogens is 1. The third kappa shape index (κ3) is 3.71. The van der Waals surface area contributed by atoms with Gasteiger partial charge in [-0.25, -0.2) is 4.98 Å². The number of nitrogens with zero attached hydrogens (tertiary/aromatic N) is 1. The second-order valence-corrected chi connectivity index (χ2v) is 5.39. The highest BCUT2D eigenvalue weighted by Crippen LogP contribution is 2.26. The van der Waals surface area contributed by atoms with Gasteiger partial charge in [0.05, 0.1) is 12.1 Å². The normalized spacial score (nSPS) is 10.4. The summed E-state index contributed by atoms with van der Waals surface area (Å²) in [6, 6.07) is 9.48. The first-order valence-corrected chi connectivity index (χ1v) is 6.89. The summed E-state index contributed by atoms with van der Waals surface area (Å²) in [4.78, 5) is 16.0. The zero-order chi connectivity index (χ0) is 14.7. The molecule has 0 bridgehead atoms. The van der Waals surface area contributed by atoms with E-state index in [9.17, 15) is 4.79 Å². The minimum atomic E-state index is -0.135. The molecule has 1 N–H and O–H groups in total. The van der Waals surface area contributed by atoms with Gasteiger partial charge < -0.3 is 5.32 Å². The fourth-order valence-corrected chi connectivity index (χ4v) is 2.52. The lowest BCUT2D eigenvalue weighted by Crippen LogP contribution is -2.16. The van der Waals surface area contributed by atoms with Gasteiger partial charge in [0.2, 0.25) is 5.91 Å². The number of hydrogen-bond donors (Lipinski definition) is 1. The fraction of sp³-hybridized carbons (Fsp3) is 0.200. The molecule has 0 unspecified atom stereocenters. The van der Waals surface area contributed by atoms with Gasteiger partial charge in [0, 0.05) is 0 Å². The number of pyridine rings is 1. The summed E-state index contributed by atoms with van der Waals surface area (Å²) >= 11 is 11.8. The van der Waals surface area contributed by atoms with Crippen molar-refractivity contribution >= 4 is 34.8 Å². The molecule has 0 atom stereocenters. The summed E-state index contributed by atoms with van der Waals surface area (Å²) in [5.41, 5.74) is 3.37. The monoisotopic (exact) mass is 308 g/mol. The van der Waals surface area contributed by atoms with E-state index in [1.54, 1.807) is 6.07 Å². The van der Waals surface area contributed by atoms with Crippen LogP contribution in [0.15, 0.2) is 30.3 Å². The first kappa shape index (κ1) is 14.8. The minimum Gasteiger partial charge on any atom is -0.323 e. The number of carbonyl (C=O) groups excluding carboxylic acids is 1. The molecule has 0 radical (unpaired) electrons. The number of aryl methyl sites for hydroxylation is 2. The molecule has 0 saturated heterocycles. The van der Waals surface area contributed by atoms with Crippen LogP contribution in [0.5, 0.6) is 0 Å². The quantitative estimate of drug-likeness (QED) is 0.864. The van der Waals surface area contributed by atoms with Crippen molar-refractivity contribution in [3.63, 3.8) is 0 Å². The van der Waals surface area contributed by atoms with Crippen molar-refractivity contribution in [3.8, 4) is 0 Å². The van der Waals surface area contributed by atoms with Crippen LogP contribution in [0.1, 0.15) is 16.7 Å². The Bertz CT molecular complexity index is 633. The van der Waals surface area contributed by atoms with Crippen LogP contribution >= 0.6 is 23.2 Å². The number of amides is 1. The standard InChI is InChI=1S/C15H14Cl2N2O/c1-9-4-3-5-11(6-9)8-13(20)19-14-10(2)7-12(16)18-15(14)17/h3-7H,8H2,1-2H3,(H,19,20). The lowest BCUT2D eigenvalue weighted by Gasteiger charge is -2.10. The Morgan fingerprint density at radius 1 is 1.25 bits per heavy atom. The maximum Gasteiger partial charge on any atom is 0.228 e. The van der Waals surface area contributed by atoms with E-state index >= 15 is 0 Å². The second-order valence-electron chi connectivity index (χ2n) is 4.64. The Hall–Kier alpha value is -1.58. The van der Waals surface area contributed by atoms with E-state index in [2.05, 4.69) is 10.3 Å². The van der Waals surface area contributed by atoms with Crippen LogP contribution in [-0.2, 0) is 11.2 Å². The predicted molar refractivity (Wildman–Crippen MR) is 82.5 cm³/mol. The van der Waals surface area contributed by atoms with E-state index < -0.39 is 0 Å². The fourth-order valence-electron chi connectivity index (χ4n) is 1.94. The molecule has 1 aromatic heterocycles. The number of carbonyl (C=O) groups is 1. The van der Waals surface area contributed by atoms with E-state index in [0.29, 0.717) is 17.3 Å². The topological polar surface area (TPSA) is 42.0 Å². The molecule has 2 rings (SSSR count). The highest BCUT2D eigenvalue weighted by atomic mass is 35.5. The maximum absolute atomic E-state index is 12.1. The van der Waals surface area contributed by atoms with Gasteiger partial charge in [0.1, 0.15) is 5.15 Å². The molecule has 0 saturated carbocycles. The van der Waals surface area contributed by atoms with Crippen LogP contribution in [0.3, 0.4) is 0 Å². The average molecular weight is 309 g/mol. The molecule has 20 heavy (non-hydrogen) atoms. The van der Waals surface area contributed by atoms with Crippen LogP contribution in [0.25, 0.3) is 0 Å². The van der Waals surface area contributed by atoms with E-state index in [4.69, 9.17) is 23.2 Å². The van der Waals surface area contributed by atoms with Crippen LogP contribution in [-0.4, -0.2) is 10.9 Å². The SMILES string of the molecule is Cc1cccc(CC(=O)Nc2c(C)cc(Cl)nc2Cl)c1. The molecule has 5 heteroatoms. The van der Waals surface area contributed by atoms with Crippen molar-refractivity contribution in [3.05, 3.63) is 57.3 Å². The van der Waals surface area contributed by atoms with Crippen LogP contribution in [0.2, 0.25) is 10.3 Å². The molecular weight excluding hydrogens is 295 g/mol. The van der Waals surface area contributed by atoms with Crippen molar-refractivity contribution in [2.75, 3.05) is 5.32 Å². The van der Waals surface area contributed by atoms with Gasteiger partial charge in [-0.3, -0.25) is 4.79 Å². The molecule has 3 nitrogen and oxygen atoms in total. The summed E-state index contributed by atoms with van der Waals surface area (Å²) in [5.74, 6) is -0.135. The Morgan fingerprint density at radius 2 is 2.00 bits per heavy atom.